The number of imidazole rings is 1. The number of nitrogens with zero attached hydrogens (tertiary/aromatic N) is 4. The highest BCUT2D eigenvalue weighted by molar-refractivity contribution is 6.28. The van der Waals surface area contributed by atoms with E-state index in [2.05, 4.69) is 28.8 Å². The largest absolute Gasteiger partial charge is 0.497 e. The molecule has 0 aliphatic carbocycles. The van der Waals surface area contributed by atoms with Crippen LogP contribution < -0.4 is 4.74 Å². The van der Waals surface area contributed by atoms with Crippen molar-refractivity contribution in [3.05, 3.63) is 47.1 Å². The molecule has 0 saturated heterocycles. The Morgan fingerprint density at radius 2 is 1.91 bits per heavy atom. The van der Waals surface area contributed by atoms with Crippen LogP contribution in [0.2, 0.25) is 5.28 Å². The van der Waals surface area contributed by atoms with E-state index in [1.165, 1.54) is 0 Å². The van der Waals surface area contributed by atoms with E-state index in [0.29, 0.717) is 6.42 Å². The maximum Gasteiger partial charge on any atom is 0.224 e. The summed E-state index contributed by atoms with van der Waals surface area (Å²) in [5.41, 5.74) is 3.53. The molecule has 1 aromatic carbocycles. The van der Waals surface area contributed by atoms with Gasteiger partial charge in [0.25, 0.3) is 0 Å². The lowest BCUT2D eigenvalue weighted by molar-refractivity contribution is 0.414. The third kappa shape index (κ3) is 2.76. The number of halogens is 1. The van der Waals surface area contributed by atoms with Gasteiger partial charge in [-0.3, -0.25) is 0 Å². The zero-order chi connectivity index (χ0) is 15.7. The molecule has 2 aromatic heterocycles. The molecule has 0 bridgehead atoms. The molecule has 0 radical (unpaired) electrons. The number of hydrogen-bond acceptors (Lipinski definition) is 4. The fraction of sp³-hybridized carbons (Fsp3) is 0.312. The predicted octanol–water partition coefficient (Wildman–Crippen LogP) is 3.66. The van der Waals surface area contributed by atoms with Crippen LogP contribution in [0.15, 0.2) is 30.6 Å². The van der Waals surface area contributed by atoms with Gasteiger partial charge in [-0.15, -0.1) is 0 Å². The van der Waals surface area contributed by atoms with Gasteiger partial charge in [0.2, 0.25) is 5.28 Å². The van der Waals surface area contributed by atoms with Gasteiger partial charge in [0.15, 0.2) is 5.65 Å². The number of fused-ring (bicyclic) bond motifs is 1. The summed E-state index contributed by atoms with van der Waals surface area (Å²) in [7, 11) is 1.65. The lowest BCUT2D eigenvalue weighted by Gasteiger charge is -2.08. The molecule has 5 nitrogen and oxygen atoms in total. The Morgan fingerprint density at radius 1 is 1.18 bits per heavy atom. The van der Waals surface area contributed by atoms with Crippen molar-refractivity contribution in [3.63, 3.8) is 0 Å². The SMILES string of the molecule is COc1ccc(Cc2nc(Cl)nc3c2ncn3C(C)C)cc1. The standard InChI is InChI=1S/C16H17ClN4O/c1-10(2)21-9-18-14-13(19-16(17)20-15(14)21)8-11-4-6-12(22-3)7-5-11/h4-7,9-10H,8H2,1-3H3. The Bertz CT molecular complexity index is 796. The summed E-state index contributed by atoms with van der Waals surface area (Å²) in [6, 6.07) is 8.16. The minimum absolute atomic E-state index is 0.249. The minimum Gasteiger partial charge on any atom is -0.497 e. The van der Waals surface area contributed by atoms with Crippen LogP contribution in [-0.2, 0) is 6.42 Å². The molecular formula is C16H17ClN4O. The van der Waals surface area contributed by atoms with Gasteiger partial charge in [-0.25, -0.2) is 9.97 Å². The molecule has 0 aliphatic rings. The zero-order valence-corrected chi connectivity index (χ0v) is 13.5. The Morgan fingerprint density at radius 3 is 2.55 bits per heavy atom. The highest BCUT2D eigenvalue weighted by Gasteiger charge is 2.14. The molecule has 3 rings (SSSR count). The lowest BCUT2D eigenvalue weighted by atomic mass is 10.1. The summed E-state index contributed by atoms with van der Waals surface area (Å²) in [6.07, 6.45) is 2.44. The molecule has 0 spiro atoms. The molecular weight excluding hydrogens is 300 g/mol. The van der Waals surface area contributed by atoms with E-state index in [1.807, 2.05) is 28.8 Å². The van der Waals surface area contributed by atoms with Gasteiger partial charge < -0.3 is 9.30 Å². The number of methoxy groups -OCH3 is 1. The van der Waals surface area contributed by atoms with Crippen molar-refractivity contribution < 1.29 is 4.74 Å². The minimum atomic E-state index is 0.249. The van der Waals surface area contributed by atoms with Gasteiger partial charge in [0, 0.05) is 12.5 Å². The Kier molecular flexibility index (Phi) is 3.98. The normalized spacial score (nSPS) is 11.3. The zero-order valence-electron chi connectivity index (χ0n) is 12.7. The van der Waals surface area contributed by atoms with Crippen LogP contribution in [0.4, 0.5) is 0 Å². The molecule has 0 atom stereocenters. The summed E-state index contributed by atoms with van der Waals surface area (Å²) in [6.45, 7) is 4.17. The van der Waals surface area contributed by atoms with Crippen molar-refractivity contribution >= 4 is 22.8 Å². The second-order valence-electron chi connectivity index (χ2n) is 5.38. The van der Waals surface area contributed by atoms with Gasteiger partial charge in [0.1, 0.15) is 11.3 Å². The topological polar surface area (TPSA) is 52.8 Å². The first-order valence-corrected chi connectivity index (χ1v) is 7.48. The fourth-order valence-electron chi connectivity index (χ4n) is 2.38. The summed E-state index contributed by atoms with van der Waals surface area (Å²) in [5.74, 6) is 0.832. The van der Waals surface area contributed by atoms with Crippen LogP contribution in [0.5, 0.6) is 5.75 Å². The van der Waals surface area contributed by atoms with Crippen LogP contribution in [-0.4, -0.2) is 26.6 Å². The molecule has 0 N–H and O–H groups in total. The van der Waals surface area contributed by atoms with E-state index in [0.717, 1.165) is 28.2 Å². The van der Waals surface area contributed by atoms with E-state index >= 15 is 0 Å². The van der Waals surface area contributed by atoms with E-state index in [1.54, 1.807) is 13.4 Å². The van der Waals surface area contributed by atoms with Gasteiger partial charge in [0.05, 0.1) is 19.1 Å². The average Bonchev–Trinajstić information content (AvgIpc) is 2.92. The Balaban J connectivity index is 2.02. The molecule has 0 fully saturated rings. The molecule has 6 heteroatoms. The molecule has 2 heterocycles. The second kappa shape index (κ2) is 5.93. The van der Waals surface area contributed by atoms with Gasteiger partial charge in [-0.1, -0.05) is 12.1 Å². The third-order valence-electron chi connectivity index (χ3n) is 3.55. The quantitative estimate of drug-likeness (QED) is 0.689. The van der Waals surface area contributed by atoms with Crippen LogP contribution in [0, 0.1) is 0 Å². The van der Waals surface area contributed by atoms with Crippen LogP contribution in [0.1, 0.15) is 31.1 Å². The maximum atomic E-state index is 6.09. The number of ether oxygens (including phenoxy) is 1. The van der Waals surface area contributed by atoms with Crippen LogP contribution in [0.3, 0.4) is 0 Å². The summed E-state index contributed by atoms with van der Waals surface area (Å²) in [4.78, 5) is 13.1. The molecule has 0 amide bonds. The number of benzene rings is 1. The first-order chi connectivity index (χ1) is 10.6. The van der Waals surface area contributed by atoms with Gasteiger partial charge in [-0.2, -0.15) is 4.98 Å². The second-order valence-corrected chi connectivity index (χ2v) is 5.72. The van der Waals surface area contributed by atoms with E-state index in [4.69, 9.17) is 16.3 Å². The van der Waals surface area contributed by atoms with E-state index < -0.39 is 0 Å². The van der Waals surface area contributed by atoms with Gasteiger partial charge in [-0.05, 0) is 43.1 Å². The summed E-state index contributed by atoms with van der Waals surface area (Å²) >= 11 is 6.09. The van der Waals surface area contributed by atoms with Crippen molar-refractivity contribution in [2.75, 3.05) is 7.11 Å². The lowest BCUT2D eigenvalue weighted by Crippen LogP contribution is -2.02. The molecule has 0 saturated carbocycles. The Hall–Kier alpha value is -2.14. The van der Waals surface area contributed by atoms with Crippen molar-refractivity contribution in [1.29, 1.82) is 0 Å². The first-order valence-electron chi connectivity index (χ1n) is 7.10. The molecule has 114 valence electrons. The monoisotopic (exact) mass is 316 g/mol. The van der Waals surface area contributed by atoms with Crippen LogP contribution in [0.25, 0.3) is 11.2 Å². The summed E-state index contributed by atoms with van der Waals surface area (Å²) < 4.78 is 7.18. The fourth-order valence-corrected chi connectivity index (χ4v) is 2.57. The highest BCUT2D eigenvalue weighted by Crippen LogP contribution is 2.22. The Labute approximate surface area is 133 Å². The van der Waals surface area contributed by atoms with Crippen molar-refractivity contribution in [2.45, 2.75) is 26.3 Å². The molecule has 0 aliphatic heterocycles. The van der Waals surface area contributed by atoms with Crippen molar-refractivity contribution in [1.82, 2.24) is 19.5 Å². The van der Waals surface area contributed by atoms with Crippen molar-refractivity contribution in [3.8, 4) is 5.75 Å². The highest BCUT2D eigenvalue weighted by atomic mass is 35.5. The first kappa shape index (κ1) is 14.8. The van der Waals surface area contributed by atoms with Gasteiger partial charge >= 0.3 is 0 Å². The predicted molar refractivity (Wildman–Crippen MR) is 86.5 cm³/mol. The average molecular weight is 317 g/mol. The number of rotatable bonds is 4. The van der Waals surface area contributed by atoms with E-state index in [9.17, 15) is 0 Å². The number of hydrogen-bond donors (Lipinski definition) is 0. The maximum absolute atomic E-state index is 6.09. The number of aromatic nitrogens is 4. The third-order valence-corrected chi connectivity index (χ3v) is 3.72. The van der Waals surface area contributed by atoms with Crippen LogP contribution >= 0.6 is 11.6 Å². The van der Waals surface area contributed by atoms with Crippen molar-refractivity contribution in [2.24, 2.45) is 0 Å². The molecule has 3 aromatic rings. The molecule has 22 heavy (non-hydrogen) atoms. The van der Waals surface area contributed by atoms with E-state index in [-0.39, 0.29) is 11.3 Å². The smallest absolute Gasteiger partial charge is 0.224 e. The summed E-state index contributed by atoms with van der Waals surface area (Å²) in [5, 5.41) is 0.249. The molecule has 0 unspecified atom stereocenters.